The molecule has 0 radical (unpaired) electrons. The van der Waals surface area contributed by atoms with Crippen molar-refractivity contribution in [3.8, 4) is 5.75 Å². The highest BCUT2D eigenvalue weighted by Crippen LogP contribution is 2.21. The Morgan fingerprint density at radius 2 is 1.84 bits per heavy atom. The third kappa shape index (κ3) is 4.09. The van der Waals surface area contributed by atoms with Crippen LogP contribution in [0.3, 0.4) is 0 Å². The number of rotatable bonds is 4. The minimum atomic E-state index is 0.147. The van der Waals surface area contributed by atoms with E-state index in [0.717, 1.165) is 51.3 Å². The lowest BCUT2D eigenvalue weighted by Gasteiger charge is -2.21. The van der Waals surface area contributed by atoms with E-state index in [1.54, 1.807) is 6.07 Å². The summed E-state index contributed by atoms with van der Waals surface area (Å²) in [4.78, 5) is 4.69. The Morgan fingerprint density at radius 3 is 2.58 bits per heavy atom. The molecule has 0 aliphatic carbocycles. The second kappa shape index (κ2) is 6.75. The Kier molecular flexibility index (Phi) is 5.01. The van der Waals surface area contributed by atoms with Crippen LogP contribution in [0.4, 0.5) is 5.69 Å². The van der Waals surface area contributed by atoms with Crippen LogP contribution < -0.4 is 5.73 Å². The van der Waals surface area contributed by atoms with Crippen LogP contribution in [0.5, 0.6) is 5.75 Å². The number of aliphatic hydroxyl groups excluding tert-OH is 1. The average Bonchev–Trinajstić information content (AvgIpc) is 2.60. The molecule has 1 aliphatic heterocycles. The van der Waals surface area contributed by atoms with Gasteiger partial charge in [0.15, 0.2) is 0 Å². The van der Waals surface area contributed by atoms with Crippen molar-refractivity contribution in [2.24, 2.45) is 0 Å². The minimum Gasteiger partial charge on any atom is -0.506 e. The van der Waals surface area contributed by atoms with Crippen LogP contribution in [0.1, 0.15) is 12.0 Å². The molecular weight excluding hydrogens is 242 g/mol. The van der Waals surface area contributed by atoms with Crippen molar-refractivity contribution < 1.29 is 10.2 Å². The fourth-order valence-electron chi connectivity index (χ4n) is 2.51. The molecule has 1 aliphatic rings. The first kappa shape index (κ1) is 14.1. The van der Waals surface area contributed by atoms with E-state index in [-0.39, 0.29) is 12.4 Å². The van der Waals surface area contributed by atoms with E-state index in [1.807, 2.05) is 12.1 Å². The van der Waals surface area contributed by atoms with Crippen molar-refractivity contribution in [2.75, 3.05) is 45.1 Å². The van der Waals surface area contributed by atoms with E-state index in [0.29, 0.717) is 5.69 Å². The van der Waals surface area contributed by atoms with E-state index in [9.17, 15) is 5.11 Å². The number of hydrogen-bond acceptors (Lipinski definition) is 5. The van der Waals surface area contributed by atoms with E-state index in [1.165, 1.54) is 0 Å². The van der Waals surface area contributed by atoms with Crippen molar-refractivity contribution in [3.05, 3.63) is 23.8 Å². The normalized spacial score (nSPS) is 18.4. The number of nitrogens with zero attached hydrogens (tertiary/aromatic N) is 2. The zero-order valence-corrected chi connectivity index (χ0v) is 11.3. The van der Waals surface area contributed by atoms with Gasteiger partial charge >= 0.3 is 0 Å². The lowest BCUT2D eigenvalue weighted by molar-refractivity contribution is 0.196. The van der Waals surface area contributed by atoms with Gasteiger partial charge < -0.3 is 15.9 Å². The van der Waals surface area contributed by atoms with Crippen LogP contribution in [0, 0.1) is 0 Å². The summed E-state index contributed by atoms with van der Waals surface area (Å²) in [7, 11) is 0. The fourth-order valence-corrected chi connectivity index (χ4v) is 2.51. The molecule has 4 N–H and O–H groups in total. The van der Waals surface area contributed by atoms with Gasteiger partial charge in [0.2, 0.25) is 0 Å². The summed E-state index contributed by atoms with van der Waals surface area (Å²) in [6.07, 6.45) is 1.12. The summed E-state index contributed by atoms with van der Waals surface area (Å²) in [6, 6.07) is 5.41. The number of β-amino-alcohol motifs (C(OH)–C–C–N with tert-alkyl or cyclic N) is 1. The predicted octanol–water partition coefficient (Wildman–Crippen LogP) is 0.474. The summed E-state index contributed by atoms with van der Waals surface area (Å²) in [5.41, 5.74) is 7.28. The first-order valence-corrected chi connectivity index (χ1v) is 6.82. The van der Waals surface area contributed by atoms with E-state index in [2.05, 4.69) is 9.80 Å². The van der Waals surface area contributed by atoms with Gasteiger partial charge in [0, 0.05) is 26.2 Å². The van der Waals surface area contributed by atoms with Gasteiger partial charge in [-0.05, 0) is 37.2 Å². The van der Waals surface area contributed by atoms with Crippen LogP contribution in [-0.4, -0.2) is 59.3 Å². The molecule has 1 aromatic carbocycles. The number of aromatic hydroxyl groups is 1. The molecule has 5 nitrogen and oxygen atoms in total. The molecule has 0 unspecified atom stereocenters. The number of phenolic OH excluding ortho intramolecular Hbond substituents is 1. The van der Waals surface area contributed by atoms with Crippen LogP contribution in [-0.2, 0) is 6.54 Å². The molecule has 19 heavy (non-hydrogen) atoms. The maximum absolute atomic E-state index is 9.42. The van der Waals surface area contributed by atoms with Crippen LogP contribution in [0.15, 0.2) is 18.2 Å². The van der Waals surface area contributed by atoms with Gasteiger partial charge in [0.05, 0.1) is 12.3 Å². The number of benzene rings is 1. The van der Waals surface area contributed by atoms with Gasteiger partial charge in [0.1, 0.15) is 5.75 Å². The van der Waals surface area contributed by atoms with Crippen LogP contribution in [0.2, 0.25) is 0 Å². The number of hydrogen-bond donors (Lipinski definition) is 3. The molecule has 5 heteroatoms. The summed E-state index contributed by atoms with van der Waals surface area (Å²) in [6.45, 7) is 5.96. The number of phenols is 1. The number of nitrogen functional groups attached to an aromatic ring is 1. The van der Waals surface area contributed by atoms with E-state index >= 15 is 0 Å². The number of anilines is 1. The van der Waals surface area contributed by atoms with Crippen LogP contribution >= 0.6 is 0 Å². The molecule has 106 valence electrons. The second-order valence-electron chi connectivity index (χ2n) is 5.09. The zero-order valence-electron chi connectivity index (χ0n) is 11.3. The van der Waals surface area contributed by atoms with E-state index in [4.69, 9.17) is 10.8 Å². The molecule has 0 atom stereocenters. The van der Waals surface area contributed by atoms with Gasteiger partial charge in [-0.25, -0.2) is 0 Å². The molecule has 0 amide bonds. The van der Waals surface area contributed by atoms with Crippen molar-refractivity contribution in [2.45, 2.75) is 13.0 Å². The van der Waals surface area contributed by atoms with Gasteiger partial charge in [-0.3, -0.25) is 9.80 Å². The number of nitrogens with two attached hydrogens (primary N) is 1. The highest BCUT2D eigenvalue weighted by Gasteiger charge is 2.14. The Balaban J connectivity index is 1.90. The molecule has 1 aromatic rings. The molecule has 0 aromatic heterocycles. The SMILES string of the molecule is Nc1cc(CN2CCCN(CCO)CC2)ccc1O. The standard InChI is InChI=1S/C14H23N3O2/c15-13-10-12(2-3-14(13)19)11-17-5-1-4-16(6-7-17)8-9-18/h2-3,10,18-19H,1,4-9,11,15H2. The Bertz CT molecular complexity index is 412. The van der Waals surface area contributed by atoms with Crippen molar-refractivity contribution >= 4 is 5.69 Å². The Morgan fingerprint density at radius 1 is 1.11 bits per heavy atom. The summed E-state index contributed by atoms with van der Waals surface area (Å²) >= 11 is 0. The maximum Gasteiger partial charge on any atom is 0.138 e. The summed E-state index contributed by atoms with van der Waals surface area (Å²) < 4.78 is 0. The molecule has 1 saturated heterocycles. The first-order chi connectivity index (χ1) is 9.19. The average molecular weight is 265 g/mol. The highest BCUT2D eigenvalue weighted by atomic mass is 16.3. The lowest BCUT2D eigenvalue weighted by atomic mass is 10.1. The van der Waals surface area contributed by atoms with Gasteiger partial charge in [-0.1, -0.05) is 6.07 Å². The summed E-state index contributed by atoms with van der Waals surface area (Å²) in [5.74, 6) is 0.147. The van der Waals surface area contributed by atoms with Gasteiger partial charge in [0.25, 0.3) is 0 Å². The van der Waals surface area contributed by atoms with Crippen molar-refractivity contribution in [3.63, 3.8) is 0 Å². The second-order valence-corrected chi connectivity index (χ2v) is 5.09. The van der Waals surface area contributed by atoms with Gasteiger partial charge in [-0.15, -0.1) is 0 Å². The monoisotopic (exact) mass is 265 g/mol. The lowest BCUT2D eigenvalue weighted by Crippen LogP contribution is -2.32. The fraction of sp³-hybridized carbons (Fsp3) is 0.571. The third-order valence-corrected chi connectivity index (χ3v) is 3.60. The quantitative estimate of drug-likeness (QED) is 0.545. The molecule has 0 saturated carbocycles. The number of aliphatic hydroxyl groups is 1. The Hall–Kier alpha value is -1.30. The molecule has 0 bridgehead atoms. The molecule has 0 spiro atoms. The summed E-state index contributed by atoms with van der Waals surface area (Å²) in [5, 5.41) is 18.4. The first-order valence-electron chi connectivity index (χ1n) is 6.82. The topological polar surface area (TPSA) is 73.0 Å². The van der Waals surface area contributed by atoms with Crippen molar-refractivity contribution in [1.82, 2.24) is 9.80 Å². The van der Waals surface area contributed by atoms with Crippen LogP contribution in [0.25, 0.3) is 0 Å². The smallest absolute Gasteiger partial charge is 0.138 e. The minimum absolute atomic E-state index is 0.147. The highest BCUT2D eigenvalue weighted by molar-refractivity contribution is 5.53. The third-order valence-electron chi connectivity index (χ3n) is 3.60. The predicted molar refractivity (Wildman–Crippen MR) is 75.9 cm³/mol. The maximum atomic E-state index is 9.42. The zero-order chi connectivity index (χ0) is 13.7. The molecular formula is C14H23N3O2. The Labute approximate surface area is 114 Å². The largest absolute Gasteiger partial charge is 0.506 e. The van der Waals surface area contributed by atoms with Gasteiger partial charge in [-0.2, -0.15) is 0 Å². The molecule has 1 heterocycles. The molecule has 2 rings (SSSR count). The van der Waals surface area contributed by atoms with E-state index < -0.39 is 0 Å². The van der Waals surface area contributed by atoms with Crippen molar-refractivity contribution in [1.29, 1.82) is 0 Å². The molecule has 1 fully saturated rings.